The molecule has 0 saturated carbocycles. The molecule has 1 aromatic heterocycles. The van der Waals surface area contributed by atoms with Crippen molar-refractivity contribution < 1.29 is 4.74 Å². The van der Waals surface area contributed by atoms with Gasteiger partial charge in [-0.15, -0.1) is 0 Å². The summed E-state index contributed by atoms with van der Waals surface area (Å²) in [6.07, 6.45) is 1.84. The second kappa shape index (κ2) is 5.82. The van der Waals surface area contributed by atoms with E-state index in [1.807, 2.05) is 27.8 Å². The van der Waals surface area contributed by atoms with Gasteiger partial charge in [0.25, 0.3) is 0 Å². The molecule has 0 amide bonds. The van der Waals surface area contributed by atoms with Gasteiger partial charge in [-0.25, -0.2) is 4.98 Å². The van der Waals surface area contributed by atoms with E-state index < -0.39 is 0 Å². The van der Waals surface area contributed by atoms with E-state index in [9.17, 15) is 0 Å². The van der Waals surface area contributed by atoms with Crippen molar-refractivity contribution in [1.82, 2.24) is 10.3 Å². The molecule has 3 N–H and O–H groups in total. The number of aryl methyl sites for hydroxylation is 1. The Morgan fingerprint density at radius 2 is 2.25 bits per heavy atom. The van der Waals surface area contributed by atoms with Crippen molar-refractivity contribution in [1.29, 1.82) is 0 Å². The molecule has 0 bridgehead atoms. The van der Waals surface area contributed by atoms with Crippen molar-refractivity contribution in [3.63, 3.8) is 0 Å². The summed E-state index contributed by atoms with van der Waals surface area (Å²) >= 11 is 0. The number of nitrogen functional groups attached to an aromatic ring is 1. The fraction of sp³-hybridized carbons (Fsp3) is 0.583. The van der Waals surface area contributed by atoms with Crippen LogP contribution in [0.3, 0.4) is 0 Å². The van der Waals surface area contributed by atoms with Crippen molar-refractivity contribution in [2.45, 2.75) is 32.9 Å². The molecule has 1 heterocycles. The SMILES string of the molecule is CCOC(C)C(NC)c1cc(C)cnc1N. The van der Waals surface area contributed by atoms with Gasteiger partial charge in [-0.05, 0) is 39.4 Å². The molecule has 0 aliphatic rings. The number of rotatable bonds is 5. The molecule has 4 heteroatoms. The fourth-order valence-corrected chi connectivity index (χ4v) is 1.85. The summed E-state index contributed by atoms with van der Waals surface area (Å²) < 4.78 is 5.60. The molecule has 2 atom stereocenters. The number of anilines is 1. The van der Waals surface area contributed by atoms with E-state index >= 15 is 0 Å². The van der Waals surface area contributed by atoms with E-state index in [-0.39, 0.29) is 12.1 Å². The lowest BCUT2D eigenvalue weighted by molar-refractivity contribution is 0.0494. The molecule has 0 aliphatic carbocycles. The maximum atomic E-state index is 5.89. The number of hydrogen-bond acceptors (Lipinski definition) is 4. The van der Waals surface area contributed by atoms with Crippen LogP contribution in [0.5, 0.6) is 0 Å². The lowest BCUT2D eigenvalue weighted by Gasteiger charge is -2.24. The first-order valence-corrected chi connectivity index (χ1v) is 5.61. The maximum Gasteiger partial charge on any atom is 0.128 e. The average molecular weight is 223 g/mol. The zero-order valence-electron chi connectivity index (χ0n) is 10.4. The molecule has 0 aliphatic heterocycles. The van der Waals surface area contributed by atoms with Crippen LogP contribution >= 0.6 is 0 Å². The van der Waals surface area contributed by atoms with Crippen molar-refractivity contribution in [2.24, 2.45) is 0 Å². The van der Waals surface area contributed by atoms with E-state index in [4.69, 9.17) is 10.5 Å². The first-order chi connectivity index (χ1) is 7.60. The van der Waals surface area contributed by atoms with Crippen LogP contribution in [-0.2, 0) is 4.74 Å². The molecule has 0 saturated heterocycles. The molecule has 4 nitrogen and oxygen atoms in total. The highest BCUT2D eigenvalue weighted by atomic mass is 16.5. The van der Waals surface area contributed by atoms with Crippen LogP contribution in [0.1, 0.15) is 31.0 Å². The molecule has 1 rings (SSSR count). The monoisotopic (exact) mass is 223 g/mol. The van der Waals surface area contributed by atoms with Gasteiger partial charge >= 0.3 is 0 Å². The van der Waals surface area contributed by atoms with Gasteiger partial charge in [-0.1, -0.05) is 0 Å². The van der Waals surface area contributed by atoms with Crippen LogP contribution in [-0.4, -0.2) is 24.7 Å². The predicted octanol–water partition coefficient (Wildman–Crippen LogP) is 1.66. The molecule has 90 valence electrons. The number of hydrogen-bond donors (Lipinski definition) is 2. The minimum Gasteiger partial charge on any atom is -0.383 e. The van der Waals surface area contributed by atoms with Crippen molar-refractivity contribution in [3.05, 3.63) is 23.4 Å². The third kappa shape index (κ3) is 2.93. The molecule has 1 aromatic rings. The largest absolute Gasteiger partial charge is 0.383 e. The quantitative estimate of drug-likeness (QED) is 0.797. The minimum absolute atomic E-state index is 0.0703. The number of likely N-dealkylation sites (N-methyl/N-ethyl adjacent to an activating group) is 1. The lowest BCUT2D eigenvalue weighted by Crippen LogP contribution is -2.30. The number of nitrogens with two attached hydrogens (primary N) is 1. The standard InChI is InChI=1S/C12H21N3O/c1-5-16-9(3)11(14-4)10-6-8(2)7-15-12(10)13/h6-7,9,11,14H,5H2,1-4H3,(H2,13,15). The Hall–Kier alpha value is -1.13. The topological polar surface area (TPSA) is 60.2 Å². The minimum atomic E-state index is 0.0703. The highest BCUT2D eigenvalue weighted by molar-refractivity contribution is 5.43. The van der Waals surface area contributed by atoms with Gasteiger partial charge < -0.3 is 15.8 Å². The molecule has 16 heavy (non-hydrogen) atoms. The first-order valence-electron chi connectivity index (χ1n) is 5.61. The summed E-state index contributed by atoms with van der Waals surface area (Å²) in [5.41, 5.74) is 8.00. The Bertz CT molecular complexity index is 341. The van der Waals surface area contributed by atoms with Crippen LogP contribution in [0.2, 0.25) is 0 Å². The van der Waals surface area contributed by atoms with Crippen LogP contribution in [0.4, 0.5) is 5.82 Å². The third-order valence-electron chi connectivity index (χ3n) is 2.63. The summed E-state index contributed by atoms with van der Waals surface area (Å²) in [4.78, 5) is 4.17. The lowest BCUT2D eigenvalue weighted by atomic mass is 10.0. The van der Waals surface area contributed by atoms with Crippen LogP contribution in [0.25, 0.3) is 0 Å². The Morgan fingerprint density at radius 1 is 1.56 bits per heavy atom. The molecule has 0 aromatic carbocycles. The second-order valence-corrected chi connectivity index (χ2v) is 3.91. The highest BCUT2D eigenvalue weighted by Crippen LogP contribution is 2.23. The summed E-state index contributed by atoms with van der Waals surface area (Å²) in [7, 11) is 1.90. The van der Waals surface area contributed by atoms with E-state index in [1.54, 1.807) is 6.20 Å². The zero-order chi connectivity index (χ0) is 12.1. The van der Waals surface area contributed by atoms with Crippen LogP contribution < -0.4 is 11.1 Å². The smallest absolute Gasteiger partial charge is 0.128 e. The van der Waals surface area contributed by atoms with Crippen molar-refractivity contribution in [3.8, 4) is 0 Å². The molecule has 0 radical (unpaired) electrons. The van der Waals surface area contributed by atoms with Gasteiger partial charge in [-0.3, -0.25) is 0 Å². The third-order valence-corrected chi connectivity index (χ3v) is 2.63. The van der Waals surface area contributed by atoms with E-state index in [1.165, 1.54) is 0 Å². The summed E-state index contributed by atoms with van der Waals surface area (Å²) in [6, 6.07) is 2.13. The summed E-state index contributed by atoms with van der Waals surface area (Å²) in [6.45, 7) is 6.72. The fourth-order valence-electron chi connectivity index (χ4n) is 1.85. The number of pyridine rings is 1. The van der Waals surface area contributed by atoms with E-state index in [2.05, 4.69) is 16.4 Å². The van der Waals surface area contributed by atoms with E-state index in [0.29, 0.717) is 12.4 Å². The van der Waals surface area contributed by atoms with Crippen LogP contribution in [0.15, 0.2) is 12.3 Å². The maximum absolute atomic E-state index is 5.89. The first kappa shape index (κ1) is 12.9. The summed E-state index contributed by atoms with van der Waals surface area (Å²) in [5, 5.41) is 3.23. The number of nitrogens with zero attached hydrogens (tertiary/aromatic N) is 1. The van der Waals surface area contributed by atoms with Gasteiger partial charge in [0.05, 0.1) is 12.1 Å². The average Bonchev–Trinajstić information content (AvgIpc) is 2.24. The summed E-state index contributed by atoms with van der Waals surface area (Å²) in [5.74, 6) is 0.566. The van der Waals surface area contributed by atoms with Gasteiger partial charge in [0, 0.05) is 18.4 Å². The second-order valence-electron chi connectivity index (χ2n) is 3.91. The number of nitrogens with one attached hydrogen (secondary N) is 1. The van der Waals surface area contributed by atoms with Crippen molar-refractivity contribution in [2.75, 3.05) is 19.4 Å². The molecular formula is C12H21N3O. The van der Waals surface area contributed by atoms with Crippen LogP contribution in [0, 0.1) is 6.92 Å². The van der Waals surface area contributed by atoms with Gasteiger partial charge in [0.15, 0.2) is 0 Å². The zero-order valence-corrected chi connectivity index (χ0v) is 10.4. The Labute approximate surface area is 97.2 Å². The van der Waals surface area contributed by atoms with Gasteiger partial charge in [0.2, 0.25) is 0 Å². The predicted molar refractivity (Wildman–Crippen MR) is 66.3 cm³/mol. The number of ether oxygens (including phenoxy) is 1. The molecule has 0 spiro atoms. The Balaban J connectivity index is 2.98. The van der Waals surface area contributed by atoms with E-state index in [0.717, 1.165) is 11.1 Å². The Morgan fingerprint density at radius 3 is 2.81 bits per heavy atom. The molecular weight excluding hydrogens is 202 g/mol. The normalized spacial score (nSPS) is 14.8. The van der Waals surface area contributed by atoms with Gasteiger partial charge in [0.1, 0.15) is 5.82 Å². The van der Waals surface area contributed by atoms with Gasteiger partial charge in [-0.2, -0.15) is 0 Å². The van der Waals surface area contributed by atoms with Crippen molar-refractivity contribution >= 4 is 5.82 Å². The number of aromatic nitrogens is 1. The highest BCUT2D eigenvalue weighted by Gasteiger charge is 2.20. The molecule has 2 unspecified atom stereocenters. The molecule has 0 fully saturated rings. The Kier molecular flexibility index (Phi) is 4.71.